The summed E-state index contributed by atoms with van der Waals surface area (Å²) < 4.78 is 0. The summed E-state index contributed by atoms with van der Waals surface area (Å²) in [5, 5.41) is 0. The largest absolute Gasteiger partial charge is 0.337 e. The molecular weight excluding hydrogens is 202 g/mol. The summed E-state index contributed by atoms with van der Waals surface area (Å²) in [7, 11) is 0. The van der Waals surface area contributed by atoms with Gasteiger partial charge in [0.1, 0.15) is 5.69 Å². The number of nitrogens with two attached hydrogens (primary N) is 1. The maximum absolute atomic E-state index is 12.1. The highest BCUT2D eigenvalue weighted by Gasteiger charge is 2.35. The number of aromatic nitrogens is 1. The fraction of sp³-hybridized carbons (Fsp3) is 0.500. The molecule has 1 saturated heterocycles. The number of nitrogens with zero attached hydrogens (tertiary/aromatic N) is 2. The molecule has 0 spiro atoms. The van der Waals surface area contributed by atoms with Gasteiger partial charge in [-0.25, -0.2) is 0 Å². The van der Waals surface area contributed by atoms with Crippen LogP contribution in [0.2, 0.25) is 0 Å². The first-order valence-electron chi connectivity index (χ1n) is 5.55. The zero-order valence-corrected chi connectivity index (χ0v) is 9.52. The smallest absolute Gasteiger partial charge is 0.272 e. The van der Waals surface area contributed by atoms with Crippen LogP contribution in [0.3, 0.4) is 0 Å². The molecule has 4 nitrogen and oxygen atoms in total. The van der Waals surface area contributed by atoms with Crippen LogP contribution < -0.4 is 5.73 Å². The zero-order chi connectivity index (χ0) is 11.6. The summed E-state index contributed by atoms with van der Waals surface area (Å²) in [5.74, 6) is 0.0118. The lowest BCUT2D eigenvalue weighted by Crippen LogP contribution is -2.34. The number of rotatable bonds is 2. The lowest BCUT2D eigenvalue weighted by atomic mass is 9.90. The summed E-state index contributed by atoms with van der Waals surface area (Å²) in [5.41, 5.74) is 6.31. The summed E-state index contributed by atoms with van der Waals surface area (Å²) in [4.78, 5) is 18.0. The Balaban J connectivity index is 2.08. The molecule has 2 rings (SSSR count). The van der Waals surface area contributed by atoms with Gasteiger partial charge in [0.25, 0.3) is 5.91 Å². The molecule has 86 valence electrons. The predicted molar refractivity (Wildman–Crippen MR) is 61.9 cm³/mol. The molecule has 0 radical (unpaired) electrons. The number of amides is 1. The van der Waals surface area contributed by atoms with E-state index in [0.717, 1.165) is 19.5 Å². The molecule has 0 bridgehead atoms. The Hall–Kier alpha value is -1.42. The van der Waals surface area contributed by atoms with Crippen molar-refractivity contribution in [2.24, 2.45) is 11.1 Å². The average Bonchev–Trinajstić information content (AvgIpc) is 2.73. The van der Waals surface area contributed by atoms with Gasteiger partial charge in [0.2, 0.25) is 0 Å². The molecule has 0 saturated carbocycles. The van der Waals surface area contributed by atoms with Gasteiger partial charge in [-0.3, -0.25) is 9.78 Å². The molecule has 0 aromatic carbocycles. The van der Waals surface area contributed by atoms with E-state index in [0.29, 0.717) is 12.2 Å². The van der Waals surface area contributed by atoms with E-state index in [1.165, 1.54) is 0 Å². The molecule has 1 aromatic heterocycles. The van der Waals surface area contributed by atoms with Crippen LogP contribution in [0.1, 0.15) is 23.8 Å². The summed E-state index contributed by atoms with van der Waals surface area (Å²) in [6.45, 7) is 4.26. The zero-order valence-electron chi connectivity index (χ0n) is 9.52. The van der Waals surface area contributed by atoms with E-state index in [1.54, 1.807) is 12.3 Å². The van der Waals surface area contributed by atoms with Gasteiger partial charge < -0.3 is 10.6 Å². The monoisotopic (exact) mass is 219 g/mol. The summed E-state index contributed by atoms with van der Waals surface area (Å²) >= 11 is 0. The quantitative estimate of drug-likeness (QED) is 0.803. The van der Waals surface area contributed by atoms with Crippen molar-refractivity contribution in [3.05, 3.63) is 30.1 Å². The molecule has 0 aliphatic carbocycles. The normalized spacial score (nSPS) is 24.8. The lowest BCUT2D eigenvalue weighted by molar-refractivity contribution is 0.0771. The Morgan fingerprint density at radius 3 is 3.00 bits per heavy atom. The number of likely N-dealkylation sites (tertiary alicyclic amines) is 1. The Labute approximate surface area is 95.5 Å². The second-order valence-electron chi connectivity index (χ2n) is 4.71. The van der Waals surface area contributed by atoms with Crippen molar-refractivity contribution < 1.29 is 4.79 Å². The molecule has 1 aliphatic rings. The van der Waals surface area contributed by atoms with Gasteiger partial charge >= 0.3 is 0 Å². The lowest BCUT2D eigenvalue weighted by Gasteiger charge is -2.22. The molecule has 1 atom stereocenters. The van der Waals surface area contributed by atoms with Crippen molar-refractivity contribution in [1.29, 1.82) is 0 Å². The standard InChI is InChI=1S/C12H17N3O/c1-12(8-13)5-7-15(9-12)11(16)10-4-2-3-6-14-10/h2-4,6H,5,7-9,13H2,1H3. The van der Waals surface area contributed by atoms with E-state index in [1.807, 2.05) is 17.0 Å². The number of hydrogen-bond donors (Lipinski definition) is 1. The topological polar surface area (TPSA) is 59.2 Å². The molecule has 16 heavy (non-hydrogen) atoms. The third-order valence-electron chi connectivity index (χ3n) is 3.22. The van der Waals surface area contributed by atoms with E-state index in [9.17, 15) is 4.79 Å². The third-order valence-corrected chi connectivity index (χ3v) is 3.22. The highest BCUT2D eigenvalue weighted by atomic mass is 16.2. The van der Waals surface area contributed by atoms with Crippen LogP contribution >= 0.6 is 0 Å². The van der Waals surface area contributed by atoms with E-state index < -0.39 is 0 Å². The maximum atomic E-state index is 12.1. The molecule has 1 aromatic rings. The number of carbonyl (C=O) groups is 1. The van der Waals surface area contributed by atoms with Crippen molar-refractivity contribution >= 4 is 5.91 Å². The number of hydrogen-bond acceptors (Lipinski definition) is 3. The fourth-order valence-corrected chi connectivity index (χ4v) is 2.01. The van der Waals surface area contributed by atoms with E-state index >= 15 is 0 Å². The maximum Gasteiger partial charge on any atom is 0.272 e. The van der Waals surface area contributed by atoms with Gasteiger partial charge in [-0.2, -0.15) is 0 Å². The van der Waals surface area contributed by atoms with Gasteiger partial charge in [0, 0.05) is 19.3 Å². The molecule has 2 heterocycles. The van der Waals surface area contributed by atoms with Crippen molar-refractivity contribution in [3.8, 4) is 0 Å². The third kappa shape index (κ3) is 2.07. The summed E-state index contributed by atoms with van der Waals surface area (Å²) in [6, 6.07) is 5.39. The molecule has 1 fully saturated rings. The van der Waals surface area contributed by atoms with Crippen LogP contribution in [0.25, 0.3) is 0 Å². The van der Waals surface area contributed by atoms with Gasteiger partial charge in [-0.05, 0) is 30.5 Å². The number of carbonyl (C=O) groups excluding carboxylic acids is 1. The minimum Gasteiger partial charge on any atom is -0.337 e. The minimum atomic E-state index is 0.0118. The first-order chi connectivity index (χ1) is 7.64. The SMILES string of the molecule is CC1(CN)CCN(C(=O)c2ccccn2)C1. The van der Waals surface area contributed by atoms with E-state index in [-0.39, 0.29) is 11.3 Å². The average molecular weight is 219 g/mol. The Kier molecular flexibility index (Phi) is 2.92. The van der Waals surface area contributed by atoms with Crippen molar-refractivity contribution in [2.75, 3.05) is 19.6 Å². The Bertz CT molecular complexity index is 379. The fourth-order valence-electron chi connectivity index (χ4n) is 2.01. The molecular formula is C12H17N3O. The van der Waals surface area contributed by atoms with E-state index in [4.69, 9.17) is 5.73 Å². The van der Waals surface area contributed by atoms with Gasteiger partial charge in [0.05, 0.1) is 0 Å². The Morgan fingerprint density at radius 2 is 2.44 bits per heavy atom. The second kappa shape index (κ2) is 4.22. The molecule has 1 amide bonds. The molecule has 4 heteroatoms. The van der Waals surface area contributed by atoms with Gasteiger partial charge in [-0.1, -0.05) is 13.0 Å². The van der Waals surface area contributed by atoms with Crippen molar-refractivity contribution in [3.63, 3.8) is 0 Å². The first-order valence-corrected chi connectivity index (χ1v) is 5.55. The molecule has 1 unspecified atom stereocenters. The van der Waals surface area contributed by atoms with Crippen LogP contribution in [0.4, 0.5) is 0 Å². The molecule has 1 aliphatic heterocycles. The van der Waals surface area contributed by atoms with Gasteiger partial charge in [-0.15, -0.1) is 0 Å². The Morgan fingerprint density at radius 1 is 1.62 bits per heavy atom. The van der Waals surface area contributed by atoms with Gasteiger partial charge in [0.15, 0.2) is 0 Å². The van der Waals surface area contributed by atoms with Crippen LogP contribution in [-0.2, 0) is 0 Å². The predicted octanol–water partition coefficient (Wildman–Crippen LogP) is 0.893. The number of pyridine rings is 1. The molecule has 2 N–H and O–H groups in total. The highest BCUT2D eigenvalue weighted by Crippen LogP contribution is 2.29. The minimum absolute atomic E-state index is 0.0118. The van der Waals surface area contributed by atoms with Crippen LogP contribution in [0.5, 0.6) is 0 Å². The van der Waals surface area contributed by atoms with Crippen molar-refractivity contribution in [1.82, 2.24) is 9.88 Å². The highest BCUT2D eigenvalue weighted by molar-refractivity contribution is 5.92. The van der Waals surface area contributed by atoms with Crippen LogP contribution in [0.15, 0.2) is 24.4 Å². The second-order valence-corrected chi connectivity index (χ2v) is 4.71. The van der Waals surface area contributed by atoms with Crippen LogP contribution in [0, 0.1) is 5.41 Å². The van der Waals surface area contributed by atoms with Crippen molar-refractivity contribution in [2.45, 2.75) is 13.3 Å². The van der Waals surface area contributed by atoms with E-state index in [2.05, 4.69) is 11.9 Å². The van der Waals surface area contributed by atoms with Crippen LogP contribution in [-0.4, -0.2) is 35.4 Å². The summed E-state index contributed by atoms with van der Waals surface area (Å²) in [6.07, 6.45) is 2.62. The first kappa shape index (κ1) is 11.1.